The van der Waals surface area contributed by atoms with Crippen LogP contribution in [0.3, 0.4) is 0 Å². The molecule has 5 atom stereocenters. The number of hydrogen-bond acceptors (Lipinski definition) is 2. The third-order valence-electron chi connectivity index (χ3n) is 5.46. The van der Waals surface area contributed by atoms with Crippen LogP contribution in [0, 0.1) is 23.7 Å². The first-order chi connectivity index (χ1) is 9.75. The second-order valence-electron chi connectivity index (χ2n) is 7.65. The first-order valence-corrected chi connectivity index (χ1v) is 8.38. The summed E-state index contributed by atoms with van der Waals surface area (Å²) in [5.41, 5.74) is 0. The minimum absolute atomic E-state index is 0.0232. The molecular formula is C17H30N2O2. The fourth-order valence-electron chi connectivity index (χ4n) is 3.90. The zero-order chi connectivity index (χ0) is 15.9. The Morgan fingerprint density at radius 2 is 1.67 bits per heavy atom. The van der Waals surface area contributed by atoms with E-state index in [9.17, 15) is 9.59 Å². The van der Waals surface area contributed by atoms with Gasteiger partial charge >= 0.3 is 0 Å². The Morgan fingerprint density at radius 1 is 1.05 bits per heavy atom. The van der Waals surface area contributed by atoms with Crippen LogP contribution in [-0.2, 0) is 9.59 Å². The molecule has 0 aromatic carbocycles. The highest BCUT2D eigenvalue weighted by Gasteiger charge is 2.48. The zero-order valence-corrected chi connectivity index (χ0v) is 14.2. The molecule has 1 heterocycles. The first kappa shape index (κ1) is 16.3. The Balaban J connectivity index is 2.35. The smallest absolute Gasteiger partial charge is 0.246 e. The van der Waals surface area contributed by atoms with E-state index in [0.29, 0.717) is 11.8 Å². The lowest BCUT2D eigenvalue weighted by Crippen LogP contribution is -2.68. The summed E-state index contributed by atoms with van der Waals surface area (Å²) in [5.74, 6) is 1.51. The second-order valence-corrected chi connectivity index (χ2v) is 7.65. The van der Waals surface area contributed by atoms with Gasteiger partial charge in [-0.1, -0.05) is 41.5 Å². The fourth-order valence-corrected chi connectivity index (χ4v) is 3.90. The van der Waals surface area contributed by atoms with Crippen molar-refractivity contribution in [1.29, 1.82) is 0 Å². The molecule has 4 nitrogen and oxygen atoms in total. The van der Waals surface area contributed by atoms with Crippen LogP contribution in [0.5, 0.6) is 0 Å². The van der Waals surface area contributed by atoms with E-state index in [0.717, 1.165) is 12.8 Å². The standard InChI is InChI=1S/C17H30N2O2/c1-9(2)14-17(21)19(13-8-7-11(5)12(13)6)15(10(3)4)16(20)18-14/h9-15H,7-8H2,1-6H3,(H,18,20). The monoisotopic (exact) mass is 294 g/mol. The molecule has 1 aliphatic carbocycles. The molecule has 2 rings (SSSR count). The van der Waals surface area contributed by atoms with Gasteiger partial charge in [0, 0.05) is 6.04 Å². The molecule has 0 aromatic heterocycles. The van der Waals surface area contributed by atoms with Crippen LogP contribution in [0.4, 0.5) is 0 Å². The molecule has 1 aliphatic heterocycles. The third kappa shape index (κ3) is 2.82. The molecule has 1 saturated carbocycles. The summed E-state index contributed by atoms with van der Waals surface area (Å²) in [6.07, 6.45) is 2.17. The summed E-state index contributed by atoms with van der Waals surface area (Å²) in [6.45, 7) is 12.5. The molecule has 2 amide bonds. The summed E-state index contributed by atoms with van der Waals surface area (Å²) < 4.78 is 0. The maximum atomic E-state index is 13.0. The Labute approximate surface area is 128 Å². The van der Waals surface area contributed by atoms with Crippen molar-refractivity contribution < 1.29 is 9.59 Å². The Morgan fingerprint density at radius 3 is 2.10 bits per heavy atom. The molecule has 0 aromatic rings. The van der Waals surface area contributed by atoms with Crippen molar-refractivity contribution in [3.05, 3.63) is 0 Å². The SMILES string of the molecule is CC(C)C1NC(=O)C(C(C)C)N(C2CCC(C)C2C)C1=O. The molecule has 5 unspecified atom stereocenters. The summed E-state index contributed by atoms with van der Waals surface area (Å²) in [4.78, 5) is 27.5. The van der Waals surface area contributed by atoms with E-state index in [1.54, 1.807) is 0 Å². The molecule has 1 N–H and O–H groups in total. The van der Waals surface area contributed by atoms with Crippen molar-refractivity contribution in [2.75, 3.05) is 0 Å². The Kier molecular flexibility index (Phi) is 4.64. The third-order valence-corrected chi connectivity index (χ3v) is 5.46. The number of rotatable bonds is 3. The maximum Gasteiger partial charge on any atom is 0.246 e. The van der Waals surface area contributed by atoms with Gasteiger partial charge in [0.25, 0.3) is 0 Å². The van der Waals surface area contributed by atoms with Gasteiger partial charge < -0.3 is 10.2 Å². The minimum atomic E-state index is -0.365. The van der Waals surface area contributed by atoms with Crippen LogP contribution in [0.25, 0.3) is 0 Å². The molecule has 1 saturated heterocycles. The number of nitrogens with one attached hydrogen (secondary N) is 1. The number of carbonyl (C=O) groups is 2. The minimum Gasteiger partial charge on any atom is -0.342 e. The van der Waals surface area contributed by atoms with Crippen LogP contribution in [-0.4, -0.2) is 34.8 Å². The van der Waals surface area contributed by atoms with E-state index in [4.69, 9.17) is 0 Å². The average molecular weight is 294 g/mol. The Hall–Kier alpha value is -1.06. The number of piperazine rings is 1. The van der Waals surface area contributed by atoms with E-state index < -0.39 is 0 Å². The summed E-state index contributed by atoms with van der Waals surface area (Å²) in [6, 6.07) is -0.465. The van der Waals surface area contributed by atoms with E-state index in [2.05, 4.69) is 19.2 Å². The largest absolute Gasteiger partial charge is 0.342 e. The molecule has 0 radical (unpaired) electrons. The normalized spacial score (nSPS) is 37.5. The summed E-state index contributed by atoms with van der Waals surface area (Å²) >= 11 is 0. The van der Waals surface area contributed by atoms with Gasteiger partial charge in [0.15, 0.2) is 0 Å². The lowest BCUT2D eigenvalue weighted by atomic mass is 9.88. The summed E-state index contributed by atoms with van der Waals surface area (Å²) in [7, 11) is 0. The fraction of sp³-hybridized carbons (Fsp3) is 0.882. The van der Waals surface area contributed by atoms with E-state index >= 15 is 0 Å². The van der Waals surface area contributed by atoms with Crippen molar-refractivity contribution in [2.45, 2.75) is 72.5 Å². The van der Waals surface area contributed by atoms with Gasteiger partial charge in [-0.2, -0.15) is 0 Å². The van der Waals surface area contributed by atoms with E-state index in [-0.39, 0.29) is 41.8 Å². The van der Waals surface area contributed by atoms with Gasteiger partial charge in [0.05, 0.1) is 0 Å². The highest BCUT2D eigenvalue weighted by molar-refractivity contribution is 5.97. The average Bonchev–Trinajstić information content (AvgIpc) is 2.71. The predicted octanol–water partition coefficient (Wildman–Crippen LogP) is 2.43. The predicted molar refractivity (Wildman–Crippen MR) is 83.6 cm³/mol. The van der Waals surface area contributed by atoms with Crippen LogP contribution in [0.15, 0.2) is 0 Å². The molecule has 2 aliphatic rings. The summed E-state index contributed by atoms with van der Waals surface area (Å²) in [5, 5.41) is 2.95. The lowest BCUT2D eigenvalue weighted by molar-refractivity contribution is -0.156. The molecular weight excluding hydrogens is 264 g/mol. The molecule has 0 spiro atoms. The topological polar surface area (TPSA) is 49.4 Å². The molecule has 120 valence electrons. The lowest BCUT2D eigenvalue weighted by Gasteiger charge is -2.46. The van der Waals surface area contributed by atoms with Gasteiger partial charge in [0.2, 0.25) is 11.8 Å². The number of amides is 2. The van der Waals surface area contributed by atoms with Gasteiger partial charge in [-0.15, -0.1) is 0 Å². The van der Waals surface area contributed by atoms with Gasteiger partial charge in [-0.3, -0.25) is 9.59 Å². The van der Waals surface area contributed by atoms with Crippen molar-refractivity contribution in [3.63, 3.8) is 0 Å². The molecule has 4 heteroatoms. The molecule has 0 bridgehead atoms. The van der Waals surface area contributed by atoms with Gasteiger partial charge in [0.1, 0.15) is 12.1 Å². The Bertz CT molecular complexity index is 419. The highest BCUT2D eigenvalue weighted by atomic mass is 16.2. The van der Waals surface area contributed by atoms with Crippen molar-refractivity contribution in [3.8, 4) is 0 Å². The highest BCUT2D eigenvalue weighted by Crippen LogP contribution is 2.38. The van der Waals surface area contributed by atoms with Gasteiger partial charge in [-0.25, -0.2) is 0 Å². The van der Waals surface area contributed by atoms with Crippen LogP contribution in [0.2, 0.25) is 0 Å². The first-order valence-electron chi connectivity index (χ1n) is 8.38. The van der Waals surface area contributed by atoms with Crippen LogP contribution < -0.4 is 5.32 Å². The quantitative estimate of drug-likeness (QED) is 0.869. The molecule has 2 fully saturated rings. The van der Waals surface area contributed by atoms with Crippen molar-refractivity contribution in [2.24, 2.45) is 23.7 Å². The molecule has 21 heavy (non-hydrogen) atoms. The number of nitrogens with zero attached hydrogens (tertiary/aromatic N) is 1. The van der Waals surface area contributed by atoms with Crippen LogP contribution in [0.1, 0.15) is 54.4 Å². The van der Waals surface area contributed by atoms with Gasteiger partial charge in [-0.05, 0) is 36.5 Å². The number of hydrogen-bond donors (Lipinski definition) is 1. The van der Waals surface area contributed by atoms with E-state index in [1.807, 2.05) is 32.6 Å². The van der Waals surface area contributed by atoms with Crippen LogP contribution >= 0.6 is 0 Å². The van der Waals surface area contributed by atoms with Crippen molar-refractivity contribution in [1.82, 2.24) is 10.2 Å². The van der Waals surface area contributed by atoms with E-state index in [1.165, 1.54) is 0 Å². The zero-order valence-electron chi connectivity index (χ0n) is 14.2. The number of carbonyl (C=O) groups excluding carboxylic acids is 2. The second kappa shape index (κ2) is 5.98. The van der Waals surface area contributed by atoms with Crippen molar-refractivity contribution >= 4 is 11.8 Å². The maximum absolute atomic E-state index is 13.0.